The van der Waals surface area contributed by atoms with Crippen LogP contribution >= 0.6 is 0 Å². The van der Waals surface area contributed by atoms with Gasteiger partial charge in [0.05, 0.1) is 6.04 Å². The van der Waals surface area contributed by atoms with E-state index in [4.69, 9.17) is 5.73 Å². The molecule has 0 amide bonds. The van der Waals surface area contributed by atoms with Gasteiger partial charge in [-0.15, -0.1) is 0 Å². The average molecular weight is 253 g/mol. The van der Waals surface area contributed by atoms with Gasteiger partial charge in [0.25, 0.3) is 0 Å². The molecule has 0 heterocycles. The zero-order chi connectivity index (χ0) is 13.2. The van der Waals surface area contributed by atoms with Crippen molar-refractivity contribution in [1.29, 1.82) is 0 Å². The van der Waals surface area contributed by atoms with Gasteiger partial charge in [0, 0.05) is 6.04 Å². The summed E-state index contributed by atoms with van der Waals surface area (Å²) in [6.45, 7) is 4.47. The van der Waals surface area contributed by atoms with Crippen LogP contribution in [0.5, 0.6) is 0 Å². The molecule has 0 spiro atoms. The van der Waals surface area contributed by atoms with Gasteiger partial charge in [0.2, 0.25) is 0 Å². The summed E-state index contributed by atoms with van der Waals surface area (Å²) >= 11 is 0. The van der Waals surface area contributed by atoms with Gasteiger partial charge < -0.3 is 11.1 Å². The predicted octanol–water partition coefficient (Wildman–Crippen LogP) is 3.58. The lowest BCUT2D eigenvalue weighted by molar-refractivity contribution is 0.438. The highest BCUT2D eigenvalue weighted by Gasteiger charge is 2.13. The maximum Gasteiger partial charge on any atom is 0.189 e. The first-order chi connectivity index (χ1) is 8.76. The molecule has 0 radical (unpaired) electrons. The van der Waals surface area contributed by atoms with Gasteiger partial charge in [-0.2, -0.15) is 0 Å². The third-order valence-electron chi connectivity index (χ3n) is 3.79. The molecule has 0 bridgehead atoms. The second-order valence-electron chi connectivity index (χ2n) is 5.58. The fourth-order valence-corrected chi connectivity index (χ4v) is 2.74. The molecule has 3 nitrogen and oxygen atoms in total. The number of hydrogen-bond acceptors (Lipinski definition) is 1. The number of aliphatic imine (C=N–C) groups is 1. The molecule has 1 aliphatic rings. The topological polar surface area (TPSA) is 50.4 Å². The van der Waals surface area contributed by atoms with Crippen LogP contribution in [0, 0.1) is 0 Å². The lowest BCUT2D eigenvalue weighted by Gasteiger charge is -2.22. The van der Waals surface area contributed by atoms with Crippen molar-refractivity contribution in [2.45, 2.75) is 90.1 Å². The largest absolute Gasteiger partial charge is 0.370 e. The van der Waals surface area contributed by atoms with Crippen molar-refractivity contribution in [3.05, 3.63) is 0 Å². The van der Waals surface area contributed by atoms with E-state index in [1.54, 1.807) is 0 Å². The third kappa shape index (κ3) is 6.27. The van der Waals surface area contributed by atoms with Crippen LogP contribution in [-0.2, 0) is 0 Å². The summed E-state index contributed by atoms with van der Waals surface area (Å²) in [6, 6.07) is 0.988. The Bertz CT molecular complexity index is 232. The first-order valence-corrected chi connectivity index (χ1v) is 7.86. The van der Waals surface area contributed by atoms with Crippen molar-refractivity contribution in [3.63, 3.8) is 0 Å². The average Bonchev–Trinajstić information content (AvgIpc) is 2.37. The second-order valence-corrected chi connectivity index (χ2v) is 5.58. The first-order valence-electron chi connectivity index (χ1n) is 7.86. The SMILES string of the molecule is CCCCC(CCC)NC(N)=NC1CCCCC1. The summed E-state index contributed by atoms with van der Waals surface area (Å²) in [6.07, 6.45) is 12.6. The number of nitrogens with one attached hydrogen (secondary N) is 1. The van der Waals surface area contributed by atoms with Crippen LogP contribution in [0.15, 0.2) is 4.99 Å². The normalized spacial score (nSPS) is 19.8. The van der Waals surface area contributed by atoms with E-state index in [-0.39, 0.29) is 0 Å². The Morgan fingerprint density at radius 2 is 1.89 bits per heavy atom. The summed E-state index contributed by atoms with van der Waals surface area (Å²) in [5, 5.41) is 3.43. The Kier molecular flexibility index (Phi) is 7.86. The molecule has 0 aliphatic heterocycles. The lowest BCUT2D eigenvalue weighted by atomic mass is 9.96. The maximum absolute atomic E-state index is 6.05. The van der Waals surface area contributed by atoms with Crippen LogP contribution in [0.3, 0.4) is 0 Å². The standard InChI is InChI=1S/C15H31N3/c1-3-5-10-13(9-4-2)17-15(16)18-14-11-7-6-8-12-14/h13-14H,3-12H2,1-2H3,(H3,16,17,18). The summed E-state index contributed by atoms with van der Waals surface area (Å²) < 4.78 is 0. The Balaban J connectivity index is 2.37. The Hall–Kier alpha value is -0.730. The number of hydrogen-bond donors (Lipinski definition) is 2. The van der Waals surface area contributed by atoms with E-state index in [1.165, 1.54) is 64.2 Å². The van der Waals surface area contributed by atoms with Gasteiger partial charge in [-0.1, -0.05) is 52.4 Å². The highest BCUT2D eigenvalue weighted by Crippen LogP contribution is 2.20. The van der Waals surface area contributed by atoms with Crippen molar-refractivity contribution in [3.8, 4) is 0 Å². The number of unbranched alkanes of at least 4 members (excludes halogenated alkanes) is 1. The van der Waals surface area contributed by atoms with Crippen molar-refractivity contribution < 1.29 is 0 Å². The molecule has 1 aliphatic carbocycles. The molecule has 1 rings (SSSR count). The Morgan fingerprint density at radius 3 is 2.50 bits per heavy atom. The maximum atomic E-state index is 6.05. The molecule has 3 N–H and O–H groups in total. The van der Waals surface area contributed by atoms with Crippen LogP contribution < -0.4 is 11.1 Å². The number of nitrogens with two attached hydrogens (primary N) is 1. The van der Waals surface area contributed by atoms with Gasteiger partial charge in [-0.25, -0.2) is 0 Å². The zero-order valence-electron chi connectivity index (χ0n) is 12.3. The van der Waals surface area contributed by atoms with E-state index in [9.17, 15) is 0 Å². The van der Waals surface area contributed by atoms with Gasteiger partial charge in [0.15, 0.2) is 5.96 Å². The highest BCUT2D eigenvalue weighted by atomic mass is 15.1. The minimum atomic E-state index is 0.472. The molecule has 0 saturated heterocycles. The fourth-order valence-electron chi connectivity index (χ4n) is 2.74. The molecular formula is C15H31N3. The van der Waals surface area contributed by atoms with Gasteiger partial charge in [-0.05, 0) is 25.7 Å². The Morgan fingerprint density at radius 1 is 1.17 bits per heavy atom. The molecule has 1 fully saturated rings. The zero-order valence-corrected chi connectivity index (χ0v) is 12.3. The first kappa shape index (κ1) is 15.3. The van der Waals surface area contributed by atoms with Gasteiger partial charge >= 0.3 is 0 Å². The molecule has 106 valence electrons. The van der Waals surface area contributed by atoms with Crippen molar-refractivity contribution in [2.75, 3.05) is 0 Å². The summed E-state index contributed by atoms with van der Waals surface area (Å²) in [5.41, 5.74) is 6.05. The smallest absolute Gasteiger partial charge is 0.189 e. The van der Waals surface area contributed by atoms with Crippen molar-refractivity contribution in [1.82, 2.24) is 5.32 Å². The molecule has 0 aromatic heterocycles. The minimum Gasteiger partial charge on any atom is -0.370 e. The quantitative estimate of drug-likeness (QED) is 0.538. The van der Waals surface area contributed by atoms with E-state index in [0.29, 0.717) is 18.0 Å². The number of rotatable bonds is 7. The molecule has 1 atom stereocenters. The number of guanidine groups is 1. The van der Waals surface area contributed by atoms with E-state index in [2.05, 4.69) is 24.2 Å². The van der Waals surface area contributed by atoms with E-state index >= 15 is 0 Å². The molecule has 0 aromatic carbocycles. The van der Waals surface area contributed by atoms with Gasteiger partial charge in [0.1, 0.15) is 0 Å². The molecule has 1 unspecified atom stereocenters. The van der Waals surface area contributed by atoms with Crippen LogP contribution in [0.1, 0.15) is 78.1 Å². The van der Waals surface area contributed by atoms with Crippen molar-refractivity contribution >= 4 is 5.96 Å². The third-order valence-corrected chi connectivity index (χ3v) is 3.79. The molecule has 18 heavy (non-hydrogen) atoms. The van der Waals surface area contributed by atoms with E-state index in [1.807, 2.05) is 0 Å². The van der Waals surface area contributed by atoms with E-state index < -0.39 is 0 Å². The van der Waals surface area contributed by atoms with Crippen LogP contribution in [0.4, 0.5) is 0 Å². The number of nitrogens with zero attached hydrogens (tertiary/aromatic N) is 1. The molecule has 0 aromatic rings. The fraction of sp³-hybridized carbons (Fsp3) is 0.933. The second kappa shape index (κ2) is 9.23. The summed E-state index contributed by atoms with van der Waals surface area (Å²) in [7, 11) is 0. The van der Waals surface area contributed by atoms with Crippen LogP contribution in [0.2, 0.25) is 0 Å². The van der Waals surface area contributed by atoms with Gasteiger partial charge in [-0.3, -0.25) is 4.99 Å². The lowest BCUT2D eigenvalue weighted by Crippen LogP contribution is -2.41. The molecular weight excluding hydrogens is 222 g/mol. The Labute approximate surface area is 113 Å². The summed E-state index contributed by atoms with van der Waals surface area (Å²) in [4.78, 5) is 4.65. The monoisotopic (exact) mass is 253 g/mol. The minimum absolute atomic E-state index is 0.472. The van der Waals surface area contributed by atoms with Crippen LogP contribution in [-0.4, -0.2) is 18.0 Å². The summed E-state index contributed by atoms with van der Waals surface area (Å²) in [5.74, 6) is 0.677. The van der Waals surface area contributed by atoms with Crippen molar-refractivity contribution in [2.24, 2.45) is 10.7 Å². The molecule has 3 heteroatoms. The highest BCUT2D eigenvalue weighted by molar-refractivity contribution is 5.78. The van der Waals surface area contributed by atoms with Crippen LogP contribution in [0.25, 0.3) is 0 Å². The molecule has 1 saturated carbocycles. The van der Waals surface area contributed by atoms with E-state index in [0.717, 1.165) is 0 Å². The predicted molar refractivity (Wildman–Crippen MR) is 79.9 cm³/mol.